The van der Waals surface area contributed by atoms with Crippen molar-refractivity contribution in [2.45, 2.75) is 10.1 Å². The predicted octanol–water partition coefficient (Wildman–Crippen LogP) is 2.84. The molecule has 1 aliphatic rings. The van der Waals surface area contributed by atoms with Gasteiger partial charge in [-0.1, -0.05) is 24.3 Å². The molecule has 0 spiro atoms. The van der Waals surface area contributed by atoms with Crippen LogP contribution in [0.3, 0.4) is 0 Å². The lowest BCUT2D eigenvalue weighted by atomic mass is 10.1. The highest BCUT2D eigenvalue weighted by Crippen LogP contribution is 2.34. The molecule has 0 saturated carbocycles. The van der Waals surface area contributed by atoms with Crippen LogP contribution in [0.15, 0.2) is 78.0 Å². The van der Waals surface area contributed by atoms with Crippen molar-refractivity contribution in [1.29, 1.82) is 0 Å². The molecule has 0 atom stereocenters. The van der Waals surface area contributed by atoms with Crippen LogP contribution in [0, 0.1) is 0 Å². The molecule has 0 radical (unpaired) electrons. The minimum Gasteiger partial charge on any atom is -0.478 e. The topological polar surface area (TPSA) is 79.6 Å². The third-order valence-electron chi connectivity index (χ3n) is 4.81. The van der Waals surface area contributed by atoms with Gasteiger partial charge in [-0.25, -0.2) is 13.2 Å². The maximum Gasteiger partial charge on any atom is 0.337 e. The van der Waals surface area contributed by atoms with Crippen LogP contribution in [0.5, 0.6) is 0 Å². The molecule has 6 nitrogen and oxygen atoms in total. The van der Waals surface area contributed by atoms with Gasteiger partial charge >= 0.3 is 5.97 Å². The Kier molecular flexibility index (Phi) is 4.24. The predicted molar refractivity (Wildman–Crippen MR) is 102 cm³/mol. The minimum atomic E-state index is -3.40. The molecule has 138 valence electrons. The average Bonchev–Trinajstić information content (AvgIpc) is 3.15. The quantitative estimate of drug-likeness (QED) is 0.734. The summed E-state index contributed by atoms with van der Waals surface area (Å²) in [6, 6.07) is 17.1. The Morgan fingerprint density at radius 3 is 2.22 bits per heavy atom. The van der Waals surface area contributed by atoms with Gasteiger partial charge < -0.3 is 14.6 Å². The molecule has 1 aliphatic heterocycles. The number of nitrogens with zero attached hydrogens (tertiary/aromatic N) is 2. The first kappa shape index (κ1) is 17.4. The van der Waals surface area contributed by atoms with Crippen LogP contribution < -0.4 is 4.90 Å². The fourth-order valence-corrected chi connectivity index (χ4v) is 5.02. The van der Waals surface area contributed by atoms with Crippen molar-refractivity contribution in [1.82, 2.24) is 4.57 Å². The molecule has 1 N–H and O–H groups in total. The minimum absolute atomic E-state index is 0.179. The maximum atomic E-state index is 12.8. The van der Waals surface area contributed by atoms with E-state index >= 15 is 0 Å². The molecule has 27 heavy (non-hydrogen) atoms. The van der Waals surface area contributed by atoms with Crippen molar-refractivity contribution in [2.75, 3.05) is 18.0 Å². The summed E-state index contributed by atoms with van der Waals surface area (Å²) in [5.41, 5.74) is 1.44. The number of rotatable bonds is 5. The Morgan fingerprint density at radius 2 is 1.59 bits per heavy atom. The fourth-order valence-electron chi connectivity index (χ4n) is 3.35. The number of benzene rings is 2. The van der Waals surface area contributed by atoms with Crippen LogP contribution in [-0.4, -0.2) is 42.4 Å². The second-order valence-corrected chi connectivity index (χ2v) is 8.68. The van der Waals surface area contributed by atoms with E-state index < -0.39 is 21.1 Å². The van der Waals surface area contributed by atoms with Crippen LogP contribution in [-0.2, 0) is 9.84 Å². The van der Waals surface area contributed by atoms with E-state index in [4.69, 9.17) is 0 Å². The summed E-state index contributed by atoms with van der Waals surface area (Å²) in [5, 5.41) is 9.06. The lowest BCUT2D eigenvalue weighted by Gasteiger charge is -2.41. The summed E-state index contributed by atoms with van der Waals surface area (Å²) in [7, 11) is -3.40. The van der Waals surface area contributed by atoms with Gasteiger partial charge in [-0.15, -0.1) is 0 Å². The molecule has 1 fully saturated rings. The number of carboxylic acids is 1. The Hall–Kier alpha value is -3.06. The molecular weight excluding hydrogens is 364 g/mol. The lowest BCUT2D eigenvalue weighted by molar-refractivity contribution is 0.0697. The SMILES string of the molecule is O=C(O)c1cccc(N2CC(S(=O)(=O)c3ccccc3)C2)c1-n1cccc1. The first-order chi connectivity index (χ1) is 13.0. The number of hydrogen-bond donors (Lipinski definition) is 1. The maximum absolute atomic E-state index is 12.8. The molecule has 7 heteroatoms. The lowest BCUT2D eigenvalue weighted by Crippen LogP contribution is -2.55. The van der Waals surface area contributed by atoms with Crippen molar-refractivity contribution in [3.63, 3.8) is 0 Å². The van der Waals surface area contributed by atoms with Gasteiger partial charge in [-0.3, -0.25) is 0 Å². The smallest absolute Gasteiger partial charge is 0.337 e. The van der Waals surface area contributed by atoms with Crippen LogP contribution in [0.4, 0.5) is 5.69 Å². The Bertz CT molecular complexity index is 1070. The Labute approximate surface area is 157 Å². The van der Waals surface area contributed by atoms with Gasteiger partial charge in [0, 0.05) is 25.5 Å². The number of para-hydroxylation sites is 1. The van der Waals surface area contributed by atoms with Crippen LogP contribution in [0.2, 0.25) is 0 Å². The van der Waals surface area contributed by atoms with E-state index in [-0.39, 0.29) is 5.56 Å². The standard InChI is InChI=1S/C20H18N2O4S/c23-20(24)17-9-6-10-18(19(17)21-11-4-5-12-21)22-13-16(14-22)27(25,26)15-7-2-1-3-8-15/h1-12,16H,13-14H2,(H,23,24). The highest BCUT2D eigenvalue weighted by Gasteiger charge is 2.39. The fraction of sp³-hybridized carbons (Fsp3) is 0.150. The molecule has 0 aliphatic carbocycles. The van der Waals surface area contributed by atoms with E-state index in [1.54, 1.807) is 59.4 Å². The average molecular weight is 382 g/mol. The first-order valence-corrected chi connectivity index (χ1v) is 10.1. The number of aromatic carboxylic acids is 1. The zero-order valence-electron chi connectivity index (χ0n) is 14.4. The molecule has 2 heterocycles. The van der Waals surface area contributed by atoms with Crippen LogP contribution in [0.25, 0.3) is 5.69 Å². The zero-order valence-corrected chi connectivity index (χ0v) is 15.2. The van der Waals surface area contributed by atoms with E-state index in [1.165, 1.54) is 0 Å². The molecule has 0 amide bonds. The normalized spacial score (nSPS) is 14.7. The molecule has 1 aromatic heterocycles. The van der Waals surface area contributed by atoms with Gasteiger partial charge in [0.15, 0.2) is 9.84 Å². The zero-order chi connectivity index (χ0) is 19.0. The summed E-state index contributed by atoms with van der Waals surface area (Å²) in [6.45, 7) is 0.656. The largest absolute Gasteiger partial charge is 0.478 e. The molecule has 1 saturated heterocycles. The number of carbonyl (C=O) groups is 1. The third kappa shape index (κ3) is 3.00. The molecule has 2 aromatic carbocycles. The summed E-state index contributed by atoms with van der Waals surface area (Å²) >= 11 is 0. The van der Waals surface area contributed by atoms with E-state index in [2.05, 4.69) is 0 Å². The van der Waals surface area contributed by atoms with Crippen molar-refractivity contribution >= 4 is 21.5 Å². The molecular formula is C20H18N2O4S. The van der Waals surface area contributed by atoms with Crippen molar-refractivity contribution in [3.05, 3.63) is 78.6 Å². The Balaban J connectivity index is 1.66. The van der Waals surface area contributed by atoms with Crippen LogP contribution in [0.1, 0.15) is 10.4 Å². The van der Waals surface area contributed by atoms with Gasteiger partial charge in [0.05, 0.1) is 21.8 Å². The summed E-state index contributed by atoms with van der Waals surface area (Å²) in [6.07, 6.45) is 3.56. The van der Waals surface area contributed by atoms with Gasteiger partial charge in [-0.05, 0) is 36.4 Å². The van der Waals surface area contributed by atoms with Gasteiger partial charge in [0.2, 0.25) is 0 Å². The first-order valence-electron chi connectivity index (χ1n) is 8.52. The van der Waals surface area contributed by atoms with E-state index in [1.807, 2.05) is 23.1 Å². The highest BCUT2D eigenvalue weighted by molar-refractivity contribution is 7.92. The highest BCUT2D eigenvalue weighted by atomic mass is 32.2. The van der Waals surface area contributed by atoms with Crippen molar-refractivity contribution in [2.24, 2.45) is 0 Å². The van der Waals surface area contributed by atoms with Crippen molar-refractivity contribution < 1.29 is 18.3 Å². The third-order valence-corrected chi connectivity index (χ3v) is 6.91. The molecule has 3 aromatic rings. The summed E-state index contributed by atoms with van der Waals surface area (Å²) < 4.78 is 27.3. The van der Waals surface area contributed by atoms with Crippen molar-refractivity contribution in [3.8, 4) is 5.69 Å². The Morgan fingerprint density at radius 1 is 0.926 bits per heavy atom. The van der Waals surface area contributed by atoms with E-state index in [0.717, 1.165) is 0 Å². The number of aromatic nitrogens is 1. The molecule has 0 bridgehead atoms. The summed E-state index contributed by atoms with van der Waals surface area (Å²) in [5.74, 6) is -1.02. The molecule has 0 unspecified atom stereocenters. The van der Waals surface area contributed by atoms with E-state index in [0.29, 0.717) is 29.4 Å². The number of carboxylic acid groups (broad SMARTS) is 1. The van der Waals surface area contributed by atoms with Crippen LogP contribution >= 0.6 is 0 Å². The number of hydrogen-bond acceptors (Lipinski definition) is 4. The van der Waals surface area contributed by atoms with Gasteiger partial charge in [0.1, 0.15) is 5.25 Å². The number of sulfone groups is 1. The summed E-state index contributed by atoms with van der Waals surface area (Å²) in [4.78, 5) is 13.9. The van der Waals surface area contributed by atoms with Gasteiger partial charge in [0.25, 0.3) is 0 Å². The second-order valence-electron chi connectivity index (χ2n) is 6.45. The second kappa shape index (κ2) is 6.59. The monoisotopic (exact) mass is 382 g/mol. The van der Waals surface area contributed by atoms with E-state index in [9.17, 15) is 18.3 Å². The molecule has 4 rings (SSSR count). The number of anilines is 1. The van der Waals surface area contributed by atoms with Gasteiger partial charge in [-0.2, -0.15) is 0 Å².